The van der Waals surface area contributed by atoms with Gasteiger partial charge in [0.05, 0.1) is 19.3 Å². The molecule has 18 heavy (non-hydrogen) atoms. The van der Waals surface area contributed by atoms with Crippen LogP contribution in [0.25, 0.3) is 0 Å². The Kier molecular flexibility index (Phi) is 2.50. The van der Waals surface area contributed by atoms with Gasteiger partial charge >= 0.3 is 0 Å². The van der Waals surface area contributed by atoms with Crippen molar-refractivity contribution in [3.8, 4) is 0 Å². The van der Waals surface area contributed by atoms with Crippen LogP contribution in [0.4, 0.5) is 14.7 Å². The first kappa shape index (κ1) is 11.1. The maximum absolute atomic E-state index is 12.7. The van der Waals surface area contributed by atoms with Gasteiger partial charge in [0, 0.05) is 24.5 Å². The molecule has 2 aromatic heterocycles. The normalized spacial score (nSPS) is 17.6. The number of imidazole rings is 1. The molecule has 0 aliphatic carbocycles. The molecule has 3 rings (SSSR count). The van der Waals surface area contributed by atoms with Crippen molar-refractivity contribution in [2.24, 2.45) is 0 Å². The predicted molar refractivity (Wildman–Crippen MR) is 62.8 cm³/mol. The number of rotatable bonds is 3. The zero-order valence-electron chi connectivity index (χ0n) is 9.61. The topological polar surface area (TPSA) is 44.8 Å². The largest absolute Gasteiger partial charge is 0.330 e. The number of halogens is 2. The zero-order valence-corrected chi connectivity index (χ0v) is 9.61. The number of hydrogen-bond acceptors (Lipinski definition) is 3. The Balaban J connectivity index is 1.67. The Labute approximate surface area is 103 Å². The minimum absolute atomic E-state index is 0.255. The van der Waals surface area contributed by atoms with Crippen LogP contribution in [-0.2, 0) is 6.42 Å². The quantitative estimate of drug-likeness (QED) is 0.904. The summed E-state index contributed by atoms with van der Waals surface area (Å²) in [4.78, 5) is 12.7. The molecule has 1 fully saturated rings. The second-order valence-electron chi connectivity index (χ2n) is 4.48. The second kappa shape index (κ2) is 4.04. The first-order valence-corrected chi connectivity index (χ1v) is 5.68. The Bertz CT molecular complexity index is 530. The van der Waals surface area contributed by atoms with Crippen LogP contribution in [0.15, 0.2) is 30.7 Å². The maximum Gasteiger partial charge on any atom is 0.282 e. The van der Waals surface area contributed by atoms with E-state index in [1.165, 1.54) is 4.90 Å². The van der Waals surface area contributed by atoms with Gasteiger partial charge in [0.2, 0.25) is 5.95 Å². The summed E-state index contributed by atoms with van der Waals surface area (Å²) in [5.41, 5.74) is 2.01. The van der Waals surface area contributed by atoms with E-state index in [0.29, 0.717) is 12.4 Å². The molecule has 0 unspecified atom stereocenters. The van der Waals surface area contributed by atoms with Crippen molar-refractivity contribution in [2.75, 3.05) is 18.0 Å². The third kappa shape index (κ3) is 2.18. The van der Waals surface area contributed by atoms with Crippen molar-refractivity contribution in [3.05, 3.63) is 42.0 Å². The summed E-state index contributed by atoms with van der Waals surface area (Å²) in [5, 5.41) is 0. The molecular formula is C12H12F2N4. The fraction of sp³-hybridized carbons (Fsp3) is 0.333. The van der Waals surface area contributed by atoms with Crippen LogP contribution in [0.1, 0.15) is 11.3 Å². The van der Waals surface area contributed by atoms with Crippen LogP contribution in [0, 0.1) is 0 Å². The number of nitrogens with one attached hydrogen (secondary N) is 1. The molecule has 1 saturated heterocycles. The Morgan fingerprint density at radius 2 is 2.00 bits per heavy atom. The van der Waals surface area contributed by atoms with Gasteiger partial charge in [-0.15, -0.1) is 0 Å². The maximum atomic E-state index is 12.7. The molecule has 0 bridgehead atoms. The molecule has 6 heteroatoms. The van der Waals surface area contributed by atoms with E-state index in [0.717, 1.165) is 11.3 Å². The van der Waals surface area contributed by atoms with E-state index in [1.54, 1.807) is 18.6 Å². The molecule has 1 aliphatic heterocycles. The number of hydrogen-bond donors (Lipinski definition) is 1. The summed E-state index contributed by atoms with van der Waals surface area (Å²) in [5.74, 6) is -2.05. The molecule has 0 radical (unpaired) electrons. The van der Waals surface area contributed by atoms with Crippen molar-refractivity contribution < 1.29 is 8.78 Å². The van der Waals surface area contributed by atoms with Crippen molar-refractivity contribution in [1.29, 1.82) is 0 Å². The van der Waals surface area contributed by atoms with Gasteiger partial charge in [-0.25, -0.2) is 13.8 Å². The lowest BCUT2D eigenvalue weighted by atomic mass is 10.1. The second-order valence-corrected chi connectivity index (χ2v) is 4.48. The highest BCUT2D eigenvalue weighted by atomic mass is 19.3. The lowest BCUT2D eigenvalue weighted by Gasteiger charge is -2.38. The van der Waals surface area contributed by atoms with E-state index in [4.69, 9.17) is 0 Å². The van der Waals surface area contributed by atoms with Crippen LogP contribution >= 0.6 is 0 Å². The zero-order chi connectivity index (χ0) is 12.6. The lowest BCUT2D eigenvalue weighted by molar-refractivity contribution is -0.0271. The average Bonchev–Trinajstić information content (AvgIpc) is 2.75. The molecular weight excluding hydrogens is 238 g/mol. The first-order valence-electron chi connectivity index (χ1n) is 5.68. The van der Waals surface area contributed by atoms with Crippen LogP contribution in [0.2, 0.25) is 0 Å². The minimum atomic E-state index is -2.57. The summed E-state index contributed by atoms with van der Waals surface area (Å²) in [6, 6.07) is 3.83. The number of aromatic amines is 1. The van der Waals surface area contributed by atoms with Gasteiger partial charge in [-0.3, -0.25) is 4.98 Å². The Morgan fingerprint density at radius 3 is 2.67 bits per heavy atom. The van der Waals surface area contributed by atoms with Gasteiger partial charge in [-0.05, 0) is 17.7 Å². The molecule has 1 aliphatic rings. The molecule has 0 spiro atoms. The van der Waals surface area contributed by atoms with Crippen molar-refractivity contribution in [1.82, 2.24) is 15.0 Å². The summed E-state index contributed by atoms with van der Waals surface area (Å²) in [6.07, 6.45) is 5.83. The minimum Gasteiger partial charge on any atom is -0.330 e. The highest BCUT2D eigenvalue weighted by Gasteiger charge is 2.45. The third-order valence-corrected chi connectivity index (χ3v) is 2.90. The number of H-pyrrole nitrogens is 1. The first-order chi connectivity index (χ1) is 8.62. The molecule has 0 amide bonds. The highest BCUT2D eigenvalue weighted by molar-refractivity contribution is 5.38. The van der Waals surface area contributed by atoms with Crippen molar-refractivity contribution in [3.63, 3.8) is 0 Å². The number of alkyl halides is 2. The van der Waals surface area contributed by atoms with Crippen molar-refractivity contribution >= 4 is 5.95 Å². The van der Waals surface area contributed by atoms with Crippen LogP contribution < -0.4 is 4.90 Å². The summed E-state index contributed by atoms with van der Waals surface area (Å²) < 4.78 is 25.5. The van der Waals surface area contributed by atoms with Crippen LogP contribution in [0.3, 0.4) is 0 Å². The van der Waals surface area contributed by atoms with Gasteiger partial charge in [-0.1, -0.05) is 0 Å². The monoisotopic (exact) mass is 250 g/mol. The van der Waals surface area contributed by atoms with Gasteiger partial charge < -0.3 is 9.88 Å². The fourth-order valence-electron chi connectivity index (χ4n) is 1.98. The molecule has 94 valence electrons. The molecule has 0 aromatic carbocycles. The average molecular weight is 250 g/mol. The fourth-order valence-corrected chi connectivity index (χ4v) is 1.98. The van der Waals surface area contributed by atoms with Crippen LogP contribution in [0.5, 0.6) is 0 Å². The molecule has 3 heterocycles. The SMILES string of the molecule is FC1(F)CN(c2ncc(Cc3ccncc3)[nH]2)C1. The lowest BCUT2D eigenvalue weighted by Crippen LogP contribution is -2.56. The highest BCUT2D eigenvalue weighted by Crippen LogP contribution is 2.29. The number of pyridine rings is 1. The molecule has 4 nitrogen and oxygen atoms in total. The van der Waals surface area contributed by atoms with E-state index < -0.39 is 5.92 Å². The molecule has 1 N–H and O–H groups in total. The standard InChI is InChI=1S/C12H12F2N4/c13-12(14)7-18(8-12)11-16-6-10(17-11)5-9-1-3-15-4-2-9/h1-4,6H,5,7-8H2,(H,16,17). The van der Waals surface area contributed by atoms with E-state index in [2.05, 4.69) is 15.0 Å². The molecule has 0 atom stereocenters. The summed E-state index contributed by atoms with van der Waals surface area (Å²) in [7, 11) is 0. The van der Waals surface area contributed by atoms with E-state index in [1.807, 2.05) is 12.1 Å². The number of anilines is 1. The third-order valence-electron chi connectivity index (χ3n) is 2.90. The predicted octanol–water partition coefficient (Wildman–Crippen LogP) is 1.85. The van der Waals surface area contributed by atoms with Gasteiger partial charge in [0.15, 0.2) is 0 Å². The van der Waals surface area contributed by atoms with Crippen LogP contribution in [-0.4, -0.2) is 34.0 Å². The molecule has 0 saturated carbocycles. The number of aromatic nitrogens is 3. The summed E-state index contributed by atoms with van der Waals surface area (Å²) in [6.45, 7) is -0.510. The molecule has 2 aromatic rings. The Hall–Kier alpha value is -1.98. The van der Waals surface area contributed by atoms with Gasteiger partial charge in [0.1, 0.15) is 0 Å². The van der Waals surface area contributed by atoms with Gasteiger partial charge in [-0.2, -0.15) is 0 Å². The summed E-state index contributed by atoms with van der Waals surface area (Å²) >= 11 is 0. The Morgan fingerprint density at radius 1 is 1.28 bits per heavy atom. The van der Waals surface area contributed by atoms with Crippen molar-refractivity contribution in [2.45, 2.75) is 12.3 Å². The van der Waals surface area contributed by atoms with E-state index in [9.17, 15) is 8.78 Å². The smallest absolute Gasteiger partial charge is 0.282 e. The van der Waals surface area contributed by atoms with Gasteiger partial charge in [0.25, 0.3) is 5.92 Å². The van der Waals surface area contributed by atoms with E-state index >= 15 is 0 Å². The number of nitrogens with zero attached hydrogens (tertiary/aromatic N) is 3. The van der Waals surface area contributed by atoms with E-state index in [-0.39, 0.29) is 13.1 Å².